The van der Waals surface area contributed by atoms with Crippen molar-refractivity contribution < 1.29 is 14.3 Å². The van der Waals surface area contributed by atoms with Crippen LogP contribution in [0, 0.1) is 0 Å². The number of ether oxygens (including phenoxy) is 2. The predicted molar refractivity (Wildman–Crippen MR) is 121 cm³/mol. The van der Waals surface area contributed by atoms with Crippen molar-refractivity contribution in [2.45, 2.75) is 32.3 Å². The van der Waals surface area contributed by atoms with Gasteiger partial charge in [-0.05, 0) is 43.7 Å². The molecular formula is C23H22N4O3S. The topological polar surface area (TPSA) is 78.3 Å². The maximum Gasteiger partial charge on any atom is 0.226 e. The van der Waals surface area contributed by atoms with Crippen LogP contribution in [0.1, 0.15) is 37.3 Å². The molecule has 0 bridgehead atoms. The Morgan fingerprint density at radius 1 is 1.19 bits per heavy atom. The third-order valence-corrected chi connectivity index (χ3v) is 6.25. The summed E-state index contributed by atoms with van der Waals surface area (Å²) in [4.78, 5) is 17.3. The lowest BCUT2D eigenvalue weighted by atomic mass is 9.87. The van der Waals surface area contributed by atoms with E-state index in [1.807, 2.05) is 62.5 Å². The average Bonchev–Trinajstić information content (AvgIpc) is 3.36. The molecule has 0 fully saturated rings. The van der Waals surface area contributed by atoms with E-state index >= 15 is 0 Å². The minimum atomic E-state index is -0.131. The van der Waals surface area contributed by atoms with Crippen molar-refractivity contribution in [1.29, 1.82) is 0 Å². The van der Waals surface area contributed by atoms with Crippen LogP contribution in [0.3, 0.4) is 0 Å². The van der Waals surface area contributed by atoms with Crippen LogP contribution >= 0.6 is 11.3 Å². The molecule has 1 N–H and O–H groups in total. The van der Waals surface area contributed by atoms with Gasteiger partial charge in [-0.2, -0.15) is 9.78 Å². The first kappa shape index (κ1) is 19.6. The number of amides is 1. The monoisotopic (exact) mass is 434 g/mol. The minimum Gasteiger partial charge on any atom is -0.493 e. The number of carbonyl (C=O) groups is 1. The van der Waals surface area contributed by atoms with Crippen molar-refractivity contribution in [3.63, 3.8) is 0 Å². The highest BCUT2D eigenvalue weighted by Crippen LogP contribution is 2.41. The highest BCUT2D eigenvalue weighted by molar-refractivity contribution is 7.20. The largest absolute Gasteiger partial charge is 0.493 e. The summed E-state index contributed by atoms with van der Waals surface area (Å²) in [6.45, 7) is 3.95. The van der Waals surface area contributed by atoms with Gasteiger partial charge >= 0.3 is 0 Å². The van der Waals surface area contributed by atoms with E-state index in [0.717, 1.165) is 26.5 Å². The Bertz CT molecular complexity index is 1240. The molecule has 1 unspecified atom stereocenters. The summed E-state index contributed by atoms with van der Waals surface area (Å²) in [6, 6.07) is 13.8. The molecule has 2 aromatic heterocycles. The van der Waals surface area contributed by atoms with Crippen molar-refractivity contribution >= 4 is 33.3 Å². The number of carbonyl (C=O) groups excluding carboxylic acids is 1. The van der Waals surface area contributed by atoms with E-state index in [9.17, 15) is 4.79 Å². The van der Waals surface area contributed by atoms with Crippen molar-refractivity contribution in [3.8, 4) is 16.6 Å². The molecule has 0 saturated heterocycles. The number of anilines is 1. The third-order valence-electron chi connectivity index (χ3n) is 5.24. The second kappa shape index (κ2) is 7.70. The molecule has 0 aliphatic carbocycles. The Balaban J connectivity index is 1.56. The molecule has 4 aromatic rings. The number of hydrogen-bond acceptors (Lipinski definition) is 6. The van der Waals surface area contributed by atoms with Gasteiger partial charge in [0.15, 0.2) is 11.5 Å². The molecule has 8 heteroatoms. The van der Waals surface area contributed by atoms with E-state index in [1.54, 1.807) is 23.1 Å². The minimum absolute atomic E-state index is 0.0406. The van der Waals surface area contributed by atoms with Gasteiger partial charge in [0, 0.05) is 17.9 Å². The van der Waals surface area contributed by atoms with Gasteiger partial charge in [-0.25, -0.2) is 4.98 Å². The first-order chi connectivity index (χ1) is 15.0. The molecule has 5 rings (SSSR count). The number of benzene rings is 2. The maximum absolute atomic E-state index is 12.6. The van der Waals surface area contributed by atoms with E-state index < -0.39 is 0 Å². The molecule has 3 heterocycles. The van der Waals surface area contributed by atoms with Crippen molar-refractivity contribution in [3.05, 3.63) is 59.8 Å². The molecule has 1 amide bonds. The van der Waals surface area contributed by atoms with Gasteiger partial charge in [-0.3, -0.25) is 4.79 Å². The smallest absolute Gasteiger partial charge is 0.226 e. The summed E-state index contributed by atoms with van der Waals surface area (Å²) in [5.74, 6) is 1.82. The van der Waals surface area contributed by atoms with Crippen LogP contribution in [0.4, 0.5) is 5.82 Å². The zero-order chi connectivity index (χ0) is 21.5. The zero-order valence-corrected chi connectivity index (χ0v) is 18.3. The van der Waals surface area contributed by atoms with E-state index in [0.29, 0.717) is 23.7 Å². The van der Waals surface area contributed by atoms with Crippen molar-refractivity contribution in [2.24, 2.45) is 0 Å². The van der Waals surface area contributed by atoms with Crippen molar-refractivity contribution in [2.75, 3.05) is 12.4 Å². The number of nitrogens with one attached hydrogen (secondary N) is 1. The Morgan fingerprint density at radius 3 is 2.81 bits per heavy atom. The summed E-state index contributed by atoms with van der Waals surface area (Å²) in [5.41, 5.74) is 2.85. The van der Waals surface area contributed by atoms with E-state index in [1.165, 1.54) is 0 Å². The number of methoxy groups -OCH3 is 1. The van der Waals surface area contributed by atoms with Gasteiger partial charge in [0.05, 0.1) is 29.6 Å². The molecule has 31 heavy (non-hydrogen) atoms. The number of rotatable bonds is 5. The number of thiazole rings is 1. The van der Waals surface area contributed by atoms with E-state index in [2.05, 4.69) is 15.4 Å². The van der Waals surface area contributed by atoms with Crippen LogP contribution in [0.5, 0.6) is 11.5 Å². The molecular weight excluding hydrogens is 412 g/mol. The Kier molecular flexibility index (Phi) is 4.86. The number of hydrogen-bond donors (Lipinski definition) is 1. The quantitative estimate of drug-likeness (QED) is 0.490. The highest BCUT2D eigenvalue weighted by Gasteiger charge is 2.31. The molecule has 2 aromatic carbocycles. The first-order valence-electron chi connectivity index (χ1n) is 10.1. The molecule has 7 nitrogen and oxygen atoms in total. The molecule has 0 spiro atoms. The summed E-state index contributed by atoms with van der Waals surface area (Å²) in [5, 5.41) is 8.28. The first-order valence-corrected chi connectivity index (χ1v) is 10.9. The number of nitrogens with zero attached hydrogens (tertiary/aromatic N) is 3. The average molecular weight is 435 g/mol. The van der Waals surface area contributed by atoms with E-state index in [-0.39, 0.29) is 17.9 Å². The lowest BCUT2D eigenvalue weighted by Gasteiger charge is -2.24. The normalized spacial score (nSPS) is 15.7. The van der Waals surface area contributed by atoms with E-state index in [4.69, 9.17) is 9.47 Å². The fourth-order valence-corrected chi connectivity index (χ4v) is 4.80. The lowest BCUT2D eigenvalue weighted by Crippen LogP contribution is -2.24. The fourth-order valence-electron chi connectivity index (χ4n) is 3.86. The summed E-state index contributed by atoms with van der Waals surface area (Å²) in [6.07, 6.45) is 2.20. The van der Waals surface area contributed by atoms with Gasteiger partial charge in [0.2, 0.25) is 11.0 Å². The SMILES string of the molecule is COc1cc(C2CC(=O)Nc3c2cnn3-c2nc3ccccc3s2)ccc1OC(C)C. The van der Waals surface area contributed by atoms with Crippen molar-refractivity contribution in [1.82, 2.24) is 14.8 Å². The predicted octanol–water partition coefficient (Wildman–Crippen LogP) is 4.75. The highest BCUT2D eigenvalue weighted by atomic mass is 32.1. The van der Waals surface area contributed by atoms with Crippen LogP contribution < -0.4 is 14.8 Å². The molecule has 1 aliphatic rings. The molecule has 0 saturated carbocycles. The summed E-state index contributed by atoms with van der Waals surface area (Å²) >= 11 is 1.54. The molecule has 0 radical (unpaired) electrons. The maximum atomic E-state index is 12.6. The molecule has 1 atom stereocenters. The number of para-hydroxylation sites is 1. The van der Waals surface area contributed by atoms with Crippen LogP contribution in [0.25, 0.3) is 15.3 Å². The van der Waals surface area contributed by atoms with Crippen LogP contribution in [-0.4, -0.2) is 33.9 Å². The standard InChI is InChI=1S/C23H22N4O3S/c1-13(2)30-18-9-8-14(10-19(18)29-3)15-11-21(28)26-22-16(15)12-24-27(22)23-25-17-6-4-5-7-20(17)31-23/h4-10,12-13,15H,11H2,1-3H3,(H,26,28). The Labute approximate surface area is 183 Å². The van der Waals surface area contributed by atoms with Gasteiger partial charge < -0.3 is 14.8 Å². The zero-order valence-electron chi connectivity index (χ0n) is 17.5. The second-order valence-electron chi connectivity index (χ2n) is 7.71. The van der Waals surface area contributed by atoms with Gasteiger partial charge in [0.1, 0.15) is 5.82 Å². The van der Waals surface area contributed by atoms with Gasteiger partial charge in [0.25, 0.3) is 0 Å². The Hall–Kier alpha value is -3.39. The number of fused-ring (bicyclic) bond motifs is 2. The van der Waals surface area contributed by atoms with Gasteiger partial charge in [-0.15, -0.1) is 0 Å². The Morgan fingerprint density at radius 2 is 2.03 bits per heavy atom. The second-order valence-corrected chi connectivity index (χ2v) is 8.72. The third kappa shape index (κ3) is 3.53. The van der Waals surface area contributed by atoms with Crippen LogP contribution in [0.15, 0.2) is 48.7 Å². The number of aromatic nitrogens is 3. The van der Waals surface area contributed by atoms with Gasteiger partial charge in [-0.1, -0.05) is 29.5 Å². The molecule has 1 aliphatic heterocycles. The fraction of sp³-hybridized carbons (Fsp3) is 0.261. The molecule has 158 valence electrons. The van der Waals surface area contributed by atoms with Crippen LogP contribution in [0.2, 0.25) is 0 Å². The van der Waals surface area contributed by atoms with Crippen LogP contribution in [-0.2, 0) is 4.79 Å². The lowest BCUT2D eigenvalue weighted by molar-refractivity contribution is -0.116. The summed E-state index contributed by atoms with van der Waals surface area (Å²) < 4.78 is 14.2. The summed E-state index contributed by atoms with van der Waals surface area (Å²) in [7, 11) is 1.62.